The summed E-state index contributed by atoms with van der Waals surface area (Å²) < 4.78 is 6.15. The lowest BCUT2D eigenvalue weighted by Crippen LogP contribution is -1.90. The van der Waals surface area contributed by atoms with Gasteiger partial charge >= 0.3 is 0 Å². The lowest BCUT2D eigenvalue weighted by Gasteiger charge is -2.12. The van der Waals surface area contributed by atoms with Gasteiger partial charge in [0, 0.05) is 5.56 Å². The number of ether oxygens (including phenoxy) is 1. The highest BCUT2D eigenvalue weighted by Gasteiger charge is 2.06. The second-order valence-corrected chi connectivity index (χ2v) is 6.27. The summed E-state index contributed by atoms with van der Waals surface area (Å²) in [4.78, 5) is 0. The van der Waals surface area contributed by atoms with E-state index in [2.05, 4.69) is 61.5 Å². The number of aryl methyl sites for hydroxylation is 1. The van der Waals surface area contributed by atoms with Gasteiger partial charge < -0.3 is 4.74 Å². The number of unbranched alkanes of at least 4 members (excludes halogenated alkanes) is 3. The van der Waals surface area contributed by atoms with Crippen molar-refractivity contribution in [3.05, 3.63) is 91.3 Å². The fraction of sp³-hybridized carbons (Fsp3) is 0.208. The Bertz CT molecular complexity index is 760. The van der Waals surface area contributed by atoms with E-state index in [0.717, 1.165) is 29.9 Å². The highest BCUT2D eigenvalue weighted by Crippen LogP contribution is 2.33. The van der Waals surface area contributed by atoms with Crippen LogP contribution >= 0.6 is 0 Å². The molecule has 3 aromatic carbocycles. The largest absolute Gasteiger partial charge is 0.457 e. The van der Waals surface area contributed by atoms with Gasteiger partial charge in [0.15, 0.2) is 0 Å². The van der Waals surface area contributed by atoms with Crippen molar-refractivity contribution in [3.63, 3.8) is 0 Å². The predicted octanol–water partition coefficient (Wildman–Crippen LogP) is 7.08. The van der Waals surface area contributed by atoms with Crippen molar-refractivity contribution in [1.82, 2.24) is 0 Å². The minimum absolute atomic E-state index is 0.880. The van der Waals surface area contributed by atoms with E-state index in [1.807, 2.05) is 24.3 Å². The van der Waals surface area contributed by atoms with Gasteiger partial charge in [-0.3, -0.25) is 0 Å². The average molecular weight is 329 g/mol. The van der Waals surface area contributed by atoms with Crippen LogP contribution in [0.1, 0.15) is 31.2 Å². The molecular formula is C24H25O. The number of para-hydroxylation sites is 1. The third-order valence-electron chi connectivity index (χ3n) is 4.34. The minimum Gasteiger partial charge on any atom is -0.457 e. The van der Waals surface area contributed by atoms with E-state index in [4.69, 9.17) is 4.74 Å². The van der Waals surface area contributed by atoms with Gasteiger partial charge in [0.05, 0.1) is 0 Å². The zero-order valence-electron chi connectivity index (χ0n) is 14.7. The molecule has 0 unspecified atom stereocenters. The number of hydrogen-bond acceptors (Lipinski definition) is 1. The Kier molecular flexibility index (Phi) is 6.28. The van der Waals surface area contributed by atoms with E-state index in [9.17, 15) is 0 Å². The molecule has 0 fully saturated rings. The Morgan fingerprint density at radius 1 is 0.680 bits per heavy atom. The average Bonchev–Trinajstić information content (AvgIpc) is 2.68. The molecule has 0 bridgehead atoms. The summed E-state index contributed by atoms with van der Waals surface area (Å²) in [6.07, 6.45) is 5.87. The highest BCUT2D eigenvalue weighted by atomic mass is 16.5. The van der Waals surface area contributed by atoms with Crippen LogP contribution in [0.3, 0.4) is 0 Å². The predicted molar refractivity (Wildman–Crippen MR) is 106 cm³/mol. The third-order valence-corrected chi connectivity index (χ3v) is 4.34. The van der Waals surface area contributed by atoms with Crippen LogP contribution in [0.15, 0.2) is 78.9 Å². The van der Waals surface area contributed by atoms with E-state index >= 15 is 0 Å². The number of hydrogen-bond donors (Lipinski definition) is 0. The van der Waals surface area contributed by atoms with Crippen LogP contribution in [-0.4, -0.2) is 0 Å². The number of rotatable bonds is 8. The number of benzene rings is 3. The van der Waals surface area contributed by atoms with Gasteiger partial charge in [0.2, 0.25) is 0 Å². The molecule has 0 atom stereocenters. The van der Waals surface area contributed by atoms with Crippen molar-refractivity contribution < 1.29 is 4.74 Å². The molecule has 1 nitrogen and oxygen atoms in total. The van der Waals surface area contributed by atoms with Gasteiger partial charge in [-0.05, 0) is 42.2 Å². The summed E-state index contributed by atoms with van der Waals surface area (Å²) in [5.74, 6) is 1.77. The lowest BCUT2D eigenvalue weighted by molar-refractivity contribution is 0.484. The molecule has 1 radical (unpaired) electrons. The maximum atomic E-state index is 6.15. The normalized spacial score (nSPS) is 10.6. The van der Waals surface area contributed by atoms with Crippen LogP contribution < -0.4 is 4.74 Å². The molecule has 0 spiro atoms. The van der Waals surface area contributed by atoms with E-state index in [1.54, 1.807) is 0 Å². The SMILES string of the molecule is [CH2]CCCCCc1ccc(Oc2ccccc2-c2ccccc2)cc1. The summed E-state index contributed by atoms with van der Waals surface area (Å²) in [5, 5.41) is 0. The Labute approximate surface area is 151 Å². The quantitative estimate of drug-likeness (QED) is 0.401. The standard InChI is InChI=1S/C24H25O/c1-2-3-4-6-11-20-16-18-22(19-17-20)25-24-15-10-9-14-23(24)21-12-7-5-8-13-21/h5,7-10,12-19H,1-4,6,11H2. The maximum absolute atomic E-state index is 6.15. The van der Waals surface area contributed by atoms with Crippen LogP contribution in [0, 0.1) is 6.92 Å². The zero-order chi connectivity index (χ0) is 17.3. The second-order valence-electron chi connectivity index (χ2n) is 6.27. The Hall–Kier alpha value is -2.54. The van der Waals surface area contributed by atoms with Crippen LogP contribution in [-0.2, 0) is 6.42 Å². The van der Waals surface area contributed by atoms with Crippen LogP contribution in [0.25, 0.3) is 11.1 Å². The molecule has 1 heteroatoms. The maximum Gasteiger partial charge on any atom is 0.135 e. The first kappa shape index (κ1) is 17.3. The van der Waals surface area contributed by atoms with Crippen LogP contribution in [0.5, 0.6) is 11.5 Å². The van der Waals surface area contributed by atoms with Gasteiger partial charge in [0.1, 0.15) is 11.5 Å². The molecule has 0 saturated heterocycles. The molecule has 127 valence electrons. The fourth-order valence-corrected chi connectivity index (χ4v) is 2.95. The first-order valence-electron chi connectivity index (χ1n) is 9.07. The molecule has 3 aromatic rings. The van der Waals surface area contributed by atoms with E-state index in [-0.39, 0.29) is 0 Å². The lowest BCUT2D eigenvalue weighted by atomic mass is 10.0. The van der Waals surface area contributed by atoms with E-state index in [0.29, 0.717) is 0 Å². The third kappa shape index (κ3) is 4.96. The van der Waals surface area contributed by atoms with Crippen molar-refractivity contribution in [3.8, 4) is 22.6 Å². The molecule has 0 aromatic heterocycles. The molecular weight excluding hydrogens is 304 g/mol. The molecule has 3 rings (SSSR count). The van der Waals surface area contributed by atoms with Crippen molar-refractivity contribution in [2.45, 2.75) is 32.1 Å². The van der Waals surface area contributed by atoms with E-state index in [1.165, 1.54) is 30.4 Å². The Morgan fingerprint density at radius 3 is 2.16 bits per heavy atom. The molecule has 0 saturated carbocycles. The summed E-state index contributed by atoms with van der Waals surface area (Å²) in [6.45, 7) is 3.89. The first-order chi connectivity index (χ1) is 12.4. The minimum atomic E-state index is 0.880. The topological polar surface area (TPSA) is 9.23 Å². The molecule has 0 aliphatic rings. The summed E-state index contributed by atoms with van der Waals surface area (Å²) >= 11 is 0. The van der Waals surface area contributed by atoms with Gasteiger partial charge in [-0.1, -0.05) is 86.8 Å². The summed E-state index contributed by atoms with van der Waals surface area (Å²) in [6, 6.07) is 27.0. The van der Waals surface area contributed by atoms with Crippen molar-refractivity contribution in [1.29, 1.82) is 0 Å². The van der Waals surface area contributed by atoms with Gasteiger partial charge in [-0.25, -0.2) is 0 Å². The zero-order valence-corrected chi connectivity index (χ0v) is 14.7. The molecule has 25 heavy (non-hydrogen) atoms. The van der Waals surface area contributed by atoms with Crippen molar-refractivity contribution >= 4 is 0 Å². The fourth-order valence-electron chi connectivity index (χ4n) is 2.95. The van der Waals surface area contributed by atoms with Crippen molar-refractivity contribution in [2.24, 2.45) is 0 Å². The molecule has 0 aliphatic heterocycles. The smallest absolute Gasteiger partial charge is 0.135 e. The summed E-state index contributed by atoms with van der Waals surface area (Å²) in [7, 11) is 0. The summed E-state index contributed by atoms with van der Waals surface area (Å²) in [5.41, 5.74) is 3.65. The molecule has 0 heterocycles. The van der Waals surface area contributed by atoms with Crippen LogP contribution in [0.4, 0.5) is 0 Å². The molecule has 0 amide bonds. The van der Waals surface area contributed by atoms with Gasteiger partial charge in [0.25, 0.3) is 0 Å². The van der Waals surface area contributed by atoms with E-state index < -0.39 is 0 Å². The first-order valence-corrected chi connectivity index (χ1v) is 9.07. The Morgan fingerprint density at radius 2 is 1.40 bits per heavy atom. The molecule has 0 N–H and O–H groups in total. The van der Waals surface area contributed by atoms with Gasteiger partial charge in [-0.15, -0.1) is 0 Å². The highest BCUT2D eigenvalue weighted by molar-refractivity contribution is 5.70. The Balaban J connectivity index is 1.69. The van der Waals surface area contributed by atoms with Gasteiger partial charge in [-0.2, -0.15) is 0 Å². The second kappa shape index (κ2) is 9.08. The molecule has 0 aliphatic carbocycles. The monoisotopic (exact) mass is 329 g/mol. The van der Waals surface area contributed by atoms with Crippen LogP contribution in [0.2, 0.25) is 0 Å². The van der Waals surface area contributed by atoms with Crippen molar-refractivity contribution in [2.75, 3.05) is 0 Å².